The minimum atomic E-state index is -0.289. The number of fused-ring (bicyclic) bond motifs is 1. The molecule has 6 heteroatoms. The molecular formula is C14H17N3O3. The Morgan fingerprint density at radius 2 is 2.00 bits per heavy atom. The van der Waals surface area contributed by atoms with Crippen LogP contribution in [0.2, 0.25) is 0 Å². The first-order valence-corrected chi connectivity index (χ1v) is 6.81. The highest BCUT2D eigenvalue weighted by atomic mass is 16.5. The van der Waals surface area contributed by atoms with Crippen molar-refractivity contribution in [2.45, 2.75) is 31.9 Å². The van der Waals surface area contributed by atoms with Gasteiger partial charge in [0, 0.05) is 18.3 Å². The van der Waals surface area contributed by atoms with Crippen molar-refractivity contribution in [2.24, 2.45) is 0 Å². The Morgan fingerprint density at radius 3 is 2.75 bits per heavy atom. The molecule has 106 valence electrons. The number of H-pyrrole nitrogens is 2. The summed E-state index contributed by atoms with van der Waals surface area (Å²) in [5.41, 5.74) is 0.127. The van der Waals surface area contributed by atoms with Crippen molar-refractivity contribution in [3.63, 3.8) is 0 Å². The molecular weight excluding hydrogens is 258 g/mol. The maximum absolute atomic E-state index is 11.9. The maximum Gasteiger partial charge on any atom is 0.272 e. The van der Waals surface area contributed by atoms with Crippen LogP contribution < -0.4 is 16.4 Å². The molecule has 2 aromatic rings. The van der Waals surface area contributed by atoms with Crippen molar-refractivity contribution in [1.29, 1.82) is 0 Å². The lowest BCUT2D eigenvalue weighted by Gasteiger charge is -2.36. The summed E-state index contributed by atoms with van der Waals surface area (Å²) in [5, 5.41) is 8.84. The van der Waals surface area contributed by atoms with E-state index in [1.165, 1.54) is 0 Å². The number of hydrogen-bond donors (Lipinski definition) is 3. The van der Waals surface area contributed by atoms with Gasteiger partial charge in [0.2, 0.25) is 0 Å². The number of benzene rings is 1. The van der Waals surface area contributed by atoms with E-state index < -0.39 is 0 Å². The predicted octanol–water partition coefficient (Wildman–Crippen LogP) is 1.20. The standard InChI is InChI=1S/C14H17N3O3/c1-2-20-9-6-8(7-9)15-11-5-3-4-10-12(11)14(19)17-16-13(10)18/h3-5,8-9,15H,2,6-7H2,1H3,(H,16,18)(H,17,19). The van der Waals surface area contributed by atoms with Gasteiger partial charge in [-0.1, -0.05) is 6.07 Å². The van der Waals surface area contributed by atoms with Crippen LogP contribution in [0.5, 0.6) is 0 Å². The third kappa shape index (κ3) is 2.22. The van der Waals surface area contributed by atoms with Crippen LogP contribution in [0.25, 0.3) is 10.8 Å². The predicted molar refractivity (Wildman–Crippen MR) is 77.2 cm³/mol. The summed E-state index contributed by atoms with van der Waals surface area (Å²) in [7, 11) is 0. The average Bonchev–Trinajstić information content (AvgIpc) is 2.41. The number of ether oxygens (including phenoxy) is 1. The molecule has 6 nitrogen and oxygen atoms in total. The molecule has 0 amide bonds. The lowest BCUT2D eigenvalue weighted by Crippen LogP contribution is -2.41. The lowest BCUT2D eigenvalue weighted by molar-refractivity contribution is 0.00301. The Kier molecular flexibility index (Phi) is 3.31. The molecule has 0 spiro atoms. The fraction of sp³-hybridized carbons (Fsp3) is 0.429. The molecule has 0 unspecified atom stereocenters. The van der Waals surface area contributed by atoms with Crippen molar-refractivity contribution in [3.05, 3.63) is 38.9 Å². The molecule has 3 N–H and O–H groups in total. The second-order valence-corrected chi connectivity index (χ2v) is 5.03. The fourth-order valence-corrected chi connectivity index (χ4v) is 2.62. The zero-order chi connectivity index (χ0) is 14.1. The molecule has 20 heavy (non-hydrogen) atoms. The number of anilines is 1. The summed E-state index contributed by atoms with van der Waals surface area (Å²) < 4.78 is 5.51. The summed E-state index contributed by atoms with van der Waals surface area (Å²) in [4.78, 5) is 23.6. The van der Waals surface area contributed by atoms with E-state index in [9.17, 15) is 9.59 Å². The second kappa shape index (κ2) is 5.13. The van der Waals surface area contributed by atoms with Gasteiger partial charge < -0.3 is 10.1 Å². The van der Waals surface area contributed by atoms with Gasteiger partial charge in [-0.25, -0.2) is 0 Å². The first-order valence-electron chi connectivity index (χ1n) is 6.81. The minimum Gasteiger partial charge on any atom is -0.381 e. The average molecular weight is 275 g/mol. The normalized spacial score (nSPS) is 21.6. The van der Waals surface area contributed by atoms with Gasteiger partial charge in [0.1, 0.15) is 0 Å². The Bertz CT molecular complexity index is 728. The van der Waals surface area contributed by atoms with Gasteiger partial charge >= 0.3 is 0 Å². The van der Waals surface area contributed by atoms with Crippen LogP contribution in [0, 0.1) is 0 Å². The van der Waals surface area contributed by atoms with E-state index in [1.54, 1.807) is 12.1 Å². The van der Waals surface area contributed by atoms with Gasteiger partial charge in [0.25, 0.3) is 11.1 Å². The largest absolute Gasteiger partial charge is 0.381 e. The Hall–Kier alpha value is -2.08. The van der Waals surface area contributed by atoms with Crippen molar-refractivity contribution in [1.82, 2.24) is 10.2 Å². The number of aromatic nitrogens is 2. The molecule has 0 saturated heterocycles. The zero-order valence-electron chi connectivity index (χ0n) is 11.2. The third-order valence-electron chi connectivity index (χ3n) is 3.68. The van der Waals surface area contributed by atoms with Crippen molar-refractivity contribution in [2.75, 3.05) is 11.9 Å². The van der Waals surface area contributed by atoms with E-state index in [1.807, 2.05) is 13.0 Å². The minimum absolute atomic E-state index is 0.288. The zero-order valence-corrected chi connectivity index (χ0v) is 11.2. The van der Waals surface area contributed by atoms with Gasteiger partial charge in [-0.2, -0.15) is 0 Å². The topological polar surface area (TPSA) is 87.0 Å². The van der Waals surface area contributed by atoms with Crippen LogP contribution in [-0.4, -0.2) is 29.0 Å². The SMILES string of the molecule is CCOC1CC(Nc2cccc3c(=O)[nH][nH]c(=O)c23)C1. The molecule has 0 radical (unpaired) electrons. The number of aromatic amines is 2. The third-order valence-corrected chi connectivity index (χ3v) is 3.68. The molecule has 1 saturated carbocycles. The van der Waals surface area contributed by atoms with Crippen molar-refractivity contribution in [3.8, 4) is 0 Å². The lowest BCUT2D eigenvalue weighted by atomic mass is 9.89. The number of nitrogens with one attached hydrogen (secondary N) is 3. The number of rotatable bonds is 4. The highest BCUT2D eigenvalue weighted by Gasteiger charge is 2.29. The van der Waals surface area contributed by atoms with Gasteiger partial charge in [-0.3, -0.25) is 19.8 Å². The molecule has 3 rings (SSSR count). The first kappa shape index (κ1) is 12.9. The van der Waals surface area contributed by atoms with Crippen LogP contribution in [0.4, 0.5) is 5.69 Å². The summed E-state index contributed by atoms with van der Waals surface area (Å²) >= 11 is 0. The van der Waals surface area contributed by atoms with E-state index in [0.29, 0.717) is 22.6 Å². The Balaban J connectivity index is 1.88. The van der Waals surface area contributed by atoms with Gasteiger partial charge in [0.15, 0.2) is 0 Å². The van der Waals surface area contributed by atoms with E-state index >= 15 is 0 Å². The molecule has 1 aromatic heterocycles. The fourth-order valence-electron chi connectivity index (χ4n) is 2.62. The molecule has 1 heterocycles. The molecule has 0 aliphatic heterocycles. The molecule has 0 atom stereocenters. The molecule has 1 aliphatic carbocycles. The Morgan fingerprint density at radius 1 is 1.25 bits per heavy atom. The smallest absolute Gasteiger partial charge is 0.272 e. The summed E-state index contributed by atoms with van der Waals surface area (Å²) in [5.74, 6) is 0. The molecule has 0 bridgehead atoms. The molecule has 1 aliphatic rings. The van der Waals surface area contributed by atoms with Gasteiger partial charge in [0.05, 0.1) is 16.9 Å². The van der Waals surface area contributed by atoms with Gasteiger partial charge in [-0.05, 0) is 31.9 Å². The second-order valence-electron chi connectivity index (χ2n) is 5.03. The van der Waals surface area contributed by atoms with Crippen molar-refractivity contribution < 1.29 is 4.74 Å². The van der Waals surface area contributed by atoms with Crippen LogP contribution >= 0.6 is 0 Å². The van der Waals surface area contributed by atoms with E-state index in [2.05, 4.69) is 15.5 Å². The van der Waals surface area contributed by atoms with E-state index in [-0.39, 0.29) is 17.2 Å². The van der Waals surface area contributed by atoms with Gasteiger partial charge in [-0.15, -0.1) is 0 Å². The molecule has 1 fully saturated rings. The van der Waals surface area contributed by atoms with E-state index in [0.717, 1.165) is 19.4 Å². The Labute approximate surface area is 115 Å². The number of hydrogen-bond acceptors (Lipinski definition) is 4. The quantitative estimate of drug-likeness (QED) is 0.782. The van der Waals surface area contributed by atoms with Crippen LogP contribution in [0.1, 0.15) is 19.8 Å². The highest BCUT2D eigenvalue weighted by molar-refractivity contribution is 5.92. The van der Waals surface area contributed by atoms with Crippen LogP contribution in [0.3, 0.4) is 0 Å². The van der Waals surface area contributed by atoms with Crippen LogP contribution in [-0.2, 0) is 4.74 Å². The maximum atomic E-state index is 11.9. The van der Waals surface area contributed by atoms with E-state index in [4.69, 9.17) is 4.74 Å². The summed E-state index contributed by atoms with van der Waals surface area (Å²) in [6, 6.07) is 5.54. The first-order chi connectivity index (χ1) is 9.69. The van der Waals surface area contributed by atoms with Crippen molar-refractivity contribution >= 4 is 16.5 Å². The monoisotopic (exact) mass is 275 g/mol. The highest BCUT2D eigenvalue weighted by Crippen LogP contribution is 2.28. The molecule has 1 aromatic carbocycles. The van der Waals surface area contributed by atoms with Crippen LogP contribution in [0.15, 0.2) is 27.8 Å². The summed E-state index contributed by atoms with van der Waals surface area (Å²) in [6.07, 6.45) is 2.14. The summed E-state index contributed by atoms with van der Waals surface area (Å²) in [6.45, 7) is 2.71.